The summed E-state index contributed by atoms with van der Waals surface area (Å²) in [5.41, 5.74) is 5.60. The fourth-order valence-corrected chi connectivity index (χ4v) is 7.17. The highest BCUT2D eigenvalue weighted by molar-refractivity contribution is 5.86. The van der Waals surface area contributed by atoms with Gasteiger partial charge in [-0.15, -0.1) is 0 Å². The lowest BCUT2D eigenvalue weighted by molar-refractivity contribution is 0.141. The summed E-state index contributed by atoms with van der Waals surface area (Å²) in [5, 5.41) is 23.0. The number of hydrogen-bond donors (Lipinski definition) is 2. The van der Waals surface area contributed by atoms with Gasteiger partial charge in [0.15, 0.2) is 0 Å². The number of phenolic OH excluding ortho intramolecular Hbond substituents is 2. The Morgan fingerprint density at radius 2 is 1.23 bits per heavy atom. The lowest BCUT2D eigenvalue weighted by Gasteiger charge is -2.43. The third-order valence-electron chi connectivity index (χ3n) is 10.2. The van der Waals surface area contributed by atoms with Gasteiger partial charge in [-0.1, -0.05) is 81.2 Å². The summed E-state index contributed by atoms with van der Waals surface area (Å²) in [4.78, 5) is 15.2. The van der Waals surface area contributed by atoms with Gasteiger partial charge < -0.3 is 20.0 Å². The van der Waals surface area contributed by atoms with Crippen LogP contribution in [-0.2, 0) is 22.8 Å². The zero-order valence-corrected chi connectivity index (χ0v) is 30.7. The van der Waals surface area contributed by atoms with E-state index < -0.39 is 0 Å². The number of fused-ring (bicyclic) bond motifs is 1. The van der Waals surface area contributed by atoms with Crippen LogP contribution in [0, 0.1) is 0 Å². The Kier molecular flexibility index (Phi) is 10.2. The fraction of sp³-hybridized carbons (Fsp3) is 0.610. The minimum Gasteiger partial charge on any atom is -0.507 e. The molecule has 0 aromatic heterocycles. The molecule has 2 fully saturated rings. The second-order valence-electron chi connectivity index (χ2n) is 17.2. The van der Waals surface area contributed by atoms with E-state index in [9.17, 15) is 10.2 Å². The summed E-state index contributed by atoms with van der Waals surface area (Å²) < 4.78 is 0. The number of hydrogen-bond acceptors (Lipinski definition) is 6. The van der Waals surface area contributed by atoms with Crippen LogP contribution in [0.2, 0.25) is 0 Å². The molecule has 0 radical (unpaired) electrons. The van der Waals surface area contributed by atoms with Gasteiger partial charge in [0.05, 0.1) is 12.1 Å². The molecule has 3 aliphatic rings. The minimum absolute atomic E-state index is 0.0271. The van der Waals surface area contributed by atoms with Crippen LogP contribution >= 0.6 is 0 Å². The second-order valence-corrected chi connectivity index (χ2v) is 17.2. The highest BCUT2D eigenvalue weighted by atomic mass is 16.3. The monoisotopic (exact) mass is 640 g/mol. The Hall–Kier alpha value is -3.28. The summed E-state index contributed by atoms with van der Waals surface area (Å²) >= 11 is 0. The topological polar surface area (TPSA) is 71.7 Å². The van der Waals surface area contributed by atoms with Gasteiger partial charge in [0.2, 0.25) is 0 Å². The molecule has 1 saturated carbocycles. The van der Waals surface area contributed by atoms with E-state index in [4.69, 9.17) is 9.98 Å². The van der Waals surface area contributed by atoms with Gasteiger partial charge >= 0.3 is 0 Å². The van der Waals surface area contributed by atoms with E-state index in [-0.39, 0.29) is 28.3 Å². The molecule has 2 aliphatic heterocycles. The molecule has 2 unspecified atom stereocenters. The van der Waals surface area contributed by atoms with Crippen molar-refractivity contribution < 1.29 is 10.2 Å². The van der Waals surface area contributed by atoms with Crippen molar-refractivity contribution in [2.75, 3.05) is 19.6 Å². The van der Waals surface area contributed by atoms with Crippen LogP contribution in [0.15, 0.2) is 46.1 Å². The lowest BCUT2D eigenvalue weighted by atomic mass is 9.79. The molecule has 0 bridgehead atoms. The Balaban J connectivity index is 1.44. The molecule has 1 aliphatic carbocycles. The molecule has 6 heteroatoms. The van der Waals surface area contributed by atoms with Crippen LogP contribution in [0.3, 0.4) is 0 Å². The normalized spacial score (nSPS) is 21.4. The first-order valence-corrected chi connectivity index (χ1v) is 18.0. The summed E-state index contributed by atoms with van der Waals surface area (Å²) in [5.74, 6) is 1.99. The van der Waals surface area contributed by atoms with Crippen LogP contribution in [0.25, 0.3) is 0 Å². The van der Waals surface area contributed by atoms with Gasteiger partial charge in [0, 0.05) is 60.9 Å². The molecule has 2 N–H and O–H groups in total. The minimum atomic E-state index is -0.186. The first-order chi connectivity index (χ1) is 22.0. The number of benzene rings is 2. The number of rotatable bonds is 6. The van der Waals surface area contributed by atoms with E-state index in [1.807, 2.05) is 12.4 Å². The van der Waals surface area contributed by atoms with Crippen molar-refractivity contribution >= 4 is 12.4 Å². The van der Waals surface area contributed by atoms with Crippen molar-refractivity contribution in [3.8, 4) is 11.5 Å². The van der Waals surface area contributed by atoms with Crippen LogP contribution < -0.4 is 0 Å². The van der Waals surface area contributed by atoms with E-state index in [2.05, 4.69) is 102 Å². The van der Waals surface area contributed by atoms with Crippen LogP contribution in [0.5, 0.6) is 11.5 Å². The number of aliphatic imine (C=N–C) groups is 2. The molecular formula is C41H60N4O2. The number of allylic oxidation sites excluding steroid dienone is 1. The van der Waals surface area contributed by atoms with Gasteiger partial charge in [-0.25, -0.2) is 0 Å². The summed E-state index contributed by atoms with van der Waals surface area (Å²) in [6, 6.07) is 8.63. The second kappa shape index (κ2) is 13.7. The standard InChI is InChI=1S/C41H60N4O2/c1-39(2,3)31-21-28(37(46)30(23-31)27-45-20-14-19-44-18-13-12-17-36(44)45)25-42-34-15-10-11-16-35(34)43-26-29-22-32(40(4,5)6)24-33(38(29)47)41(7,8)9/h17,21-26,34-35,46-47H,10-16,18-20,27H2,1-9H3. The predicted octanol–water partition coefficient (Wildman–Crippen LogP) is 8.98. The van der Waals surface area contributed by atoms with Crippen LogP contribution in [-0.4, -0.2) is 64.2 Å². The Labute approximate surface area is 284 Å². The van der Waals surface area contributed by atoms with Gasteiger partial charge in [-0.05, 0) is 83.8 Å². The van der Waals surface area contributed by atoms with Crippen LogP contribution in [0.1, 0.15) is 141 Å². The molecule has 47 heavy (non-hydrogen) atoms. The third kappa shape index (κ3) is 8.24. The lowest BCUT2D eigenvalue weighted by Crippen LogP contribution is -2.43. The highest BCUT2D eigenvalue weighted by Gasteiger charge is 2.28. The molecule has 2 atom stereocenters. The van der Waals surface area contributed by atoms with Crippen molar-refractivity contribution in [1.82, 2.24) is 9.80 Å². The smallest absolute Gasteiger partial charge is 0.129 e. The van der Waals surface area contributed by atoms with Gasteiger partial charge in [0.25, 0.3) is 0 Å². The first-order valence-electron chi connectivity index (χ1n) is 18.0. The summed E-state index contributed by atoms with van der Waals surface area (Å²) in [6.07, 6.45) is 13.8. The average Bonchev–Trinajstić information content (AvgIpc) is 2.99. The zero-order valence-electron chi connectivity index (χ0n) is 30.7. The predicted molar refractivity (Wildman–Crippen MR) is 197 cm³/mol. The van der Waals surface area contributed by atoms with Gasteiger partial charge in [-0.3, -0.25) is 9.98 Å². The third-order valence-corrected chi connectivity index (χ3v) is 10.2. The van der Waals surface area contributed by atoms with E-state index in [1.54, 1.807) is 0 Å². The molecule has 2 aromatic rings. The largest absolute Gasteiger partial charge is 0.507 e. The average molecular weight is 641 g/mol. The molecule has 1 saturated heterocycles. The van der Waals surface area contributed by atoms with Crippen molar-refractivity contribution in [1.29, 1.82) is 0 Å². The number of phenols is 2. The summed E-state index contributed by atoms with van der Waals surface area (Å²) in [7, 11) is 0. The van der Waals surface area contributed by atoms with Crippen molar-refractivity contribution in [3.05, 3.63) is 69.5 Å². The molecular weight excluding hydrogens is 580 g/mol. The van der Waals surface area contributed by atoms with E-state index in [0.29, 0.717) is 18.0 Å². The van der Waals surface area contributed by atoms with Crippen LogP contribution in [0.4, 0.5) is 0 Å². The summed E-state index contributed by atoms with van der Waals surface area (Å²) in [6.45, 7) is 23.7. The van der Waals surface area contributed by atoms with E-state index in [0.717, 1.165) is 80.4 Å². The van der Waals surface area contributed by atoms with E-state index in [1.165, 1.54) is 23.4 Å². The number of nitrogens with zero attached hydrogens (tertiary/aromatic N) is 4. The molecule has 256 valence electrons. The SMILES string of the molecule is CC(C)(C)c1cc(C=NC2CCCCC2N=Cc2cc(C(C)(C)C)cc(C(C)(C)C)c2O)c(O)c(CN2CCCN3CCCC=C32)c1. The highest BCUT2D eigenvalue weighted by Crippen LogP contribution is 2.38. The fourth-order valence-electron chi connectivity index (χ4n) is 7.17. The van der Waals surface area contributed by atoms with Gasteiger partial charge in [-0.2, -0.15) is 0 Å². The molecule has 2 aromatic carbocycles. The Morgan fingerprint density at radius 1 is 0.681 bits per heavy atom. The Morgan fingerprint density at radius 3 is 1.81 bits per heavy atom. The zero-order chi connectivity index (χ0) is 34.1. The van der Waals surface area contributed by atoms with E-state index >= 15 is 0 Å². The maximum atomic E-state index is 11.7. The van der Waals surface area contributed by atoms with Gasteiger partial charge in [0.1, 0.15) is 17.3 Å². The maximum absolute atomic E-state index is 11.7. The molecule has 2 heterocycles. The maximum Gasteiger partial charge on any atom is 0.129 e. The molecule has 5 rings (SSSR count). The first kappa shape index (κ1) is 35.0. The van der Waals surface area contributed by atoms with Crippen molar-refractivity contribution in [2.24, 2.45) is 9.98 Å². The molecule has 0 spiro atoms. The van der Waals surface area contributed by atoms with Crippen molar-refractivity contribution in [2.45, 2.75) is 142 Å². The Bertz CT molecular complexity index is 1520. The van der Waals surface area contributed by atoms with Crippen molar-refractivity contribution in [3.63, 3.8) is 0 Å². The quantitative estimate of drug-likeness (QED) is 0.309. The molecule has 6 nitrogen and oxygen atoms in total. The molecule has 0 amide bonds. The number of aromatic hydroxyl groups is 2.